The number of aliphatic hydroxyl groups is 1. The van der Waals surface area contributed by atoms with E-state index in [1.165, 1.54) is 11.3 Å². The fourth-order valence-corrected chi connectivity index (χ4v) is 3.44. The van der Waals surface area contributed by atoms with Crippen molar-refractivity contribution in [3.8, 4) is 0 Å². The third kappa shape index (κ3) is 3.23. The average Bonchev–Trinajstić information content (AvgIpc) is 2.89. The van der Waals surface area contributed by atoms with Crippen molar-refractivity contribution in [3.05, 3.63) is 24.3 Å². The molecular weight excluding hydrogens is 286 g/mol. The van der Waals surface area contributed by atoms with Gasteiger partial charge < -0.3 is 10.4 Å². The molecule has 112 valence electrons. The molecule has 1 aliphatic rings. The van der Waals surface area contributed by atoms with Crippen LogP contribution in [-0.4, -0.2) is 46.1 Å². The Morgan fingerprint density at radius 1 is 1.43 bits per heavy atom. The molecule has 1 aliphatic heterocycles. The number of aliphatic hydroxyl groups excluding tert-OH is 1. The molecule has 5 nitrogen and oxygen atoms in total. The summed E-state index contributed by atoms with van der Waals surface area (Å²) in [5, 5.41) is 13.1. The second kappa shape index (κ2) is 6.09. The van der Waals surface area contributed by atoms with Gasteiger partial charge in [0.25, 0.3) is 0 Å². The van der Waals surface area contributed by atoms with Crippen LogP contribution in [0.3, 0.4) is 0 Å². The number of amides is 1. The van der Waals surface area contributed by atoms with Gasteiger partial charge in [-0.25, -0.2) is 4.98 Å². The minimum Gasteiger partial charge on any atom is -0.393 e. The number of hydrogen-bond acceptors (Lipinski definition) is 5. The Hall–Kier alpha value is -1.50. The van der Waals surface area contributed by atoms with Gasteiger partial charge in [-0.2, -0.15) is 0 Å². The third-order valence-corrected chi connectivity index (χ3v) is 4.90. The summed E-state index contributed by atoms with van der Waals surface area (Å²) in [5.41, 5.74) is 0.909. The molecule has 1 saturated heterocycles. The number of nitrogens with zero attached hydrogens (tertiary/aromatic N) is 2. The van der Waals surface area contributed by atoms with Gasteiger partial charge in [-0.3, -0.25) is 9.69 Å². The summed E-state index contributed by atoms with van der Waals surface area (Å²) in [6, 6.07) is 7.64. The van der Waals surface area contributed by atoms with Crippen molar-refractivity contribution in [2.24, 2.45) is 0 Å². The van der Waals surface area contributed by atoms with Gasteiger partial charge in [-0.05, 0) is 31.9 Å². The standard InChI is InChI=1S/C15H19N3O2S/c1-10(18-8-6-11(19)7-9-18)14(20)17-15-16-12-4-2-3-5-13(12)21-15/h2-5,10-11,19H,6-9H2,1H3,(H,16,17,20). The van der Waals surface area contributed by atoms with Crippen LogP contribution >= 0.6 is 11.3 Å². The number of carbonyl (C=O) groups excluding carboxylic acids is 1. The number of rotatable bonds is 3. The van der Waals surface area contributed by atoms with Crippen molar-refractivity contribution >= 4 is 32.6 Å². The Balaban J connectivity index is 1.65. The van der Waals surface area contributed by atoms with Crippen LogP contribution in [-0.2, 0) is 4.79 Å². The van der Waals surface area contributed by atoms with Crippen LogP contribution in [0.15, 0.2) is 24.3 Å². The van der Waals surface area contributed by atoms with E-state index in [2.05, 4.69) is 15.2 Å². The highest BCUT2D eigenvalue weighted by molar-refractivity contribution is 7.22. The fourth-order valence-electron chi connectivity index (χ4n) is 2.57. The first-order chi connectivity index (χ1) is 10.1. The van der Waals surface area contributed by atoms with E-state index in [1.54, 1.807) is 0 Å². The smallest absolute Gasteiger partial charge is 0.243 e. The lowest BCUT2D eigenvalue weighted by molar-refractivity contribution is -0.121. The maximum Gasteiger partial charge on any atom is 0.243 e. The van der Waals surface area contributed by atoms with Gasteiger partial charge >= 0.3 is 0 Å². The predicted octanol–water partition coefficient (Wildman–Crippen LogP) is 2.08. The van der Waals surface area contributed by atoms with Crippen LogP contribution in [0, 0.1) is 0 Å². The molecule has 21 heavy (non-hydrogen) atoms. The number of piperidine rings is 1. The van der Waals surface area contributed by atoms with Gasteiger partial charge in [-0.1, -0.05) is 23.5 Å². The lowest BCUT2D eigenvalue weighted by Gasteiger charge is -2.33. The summed E-state index contributed by atoms with van der Waals surface area (Å²) in [4.78, 5) is 18.8. The van der Waals surface area contributed by atoms with Gasteiger partial charge in [0.1, 0.15) is 0 Å². The molecule has 1 unspecified atom stereocenters. The summed E-state index contributed by atoms with van der Waals surface area (Å²) in [7, 11) is 0. The minimum atomic E-state index is -0.222. The number of carbonyl (C=O) groups is 1. The Kier molecular flexibility index (Phi) is 4.19. The molecule has 1 amide bonds. The molecule has 2 heterocycles. The van der Waals surface area contributed by atoms with E-state index in [1.807, 2.05) is 31.2 Å². The number of para-hydroxylation sites is 1. The van der Waals surface area contributed by atoms with Crippen molar-refractivity contribution in [1.29, 1.82) is 0 Å². The monoisotopic (exact) mass is 305 g/mol. The van der Waals surface area contributed by atoms with Crippen molar-refractivity contribution in [2.45, 2.75) is 31.9 Å². The molecule has 1 aromatic carbocycles. The molecule has 0 aliphatic carbocycles. The number of fused-ring (bicyclic) bond motifs is 1. The van der Waals surface area contributed by atoms with E-state index in [4.69, 9.17) is 0 Å². The Bertz CT molecular complexity index is 602. The summed E-state index contributed by atoms with van der Waals surface area (Å²) in [5.74, 6) is -0.0366. The van der Waals surface area contributed by atoms with Crippen molar-refractivity contribution in [2.75, 3.05) is 18.4 Å². The summed E-state index contributed by atoms with van der Waals surface area (Å²) < 4.78 is 1.07. The van der Waals surface area contributed by atoms with Crippen LogP contribution in [0.5, 0.6) is 0 Å². The molecule has 1 fully saturated rings. The first-order valence-electron chi connectivity index (χ1n) is 7.22. The number of anilines is 1. The first kappa shape index (κ1) is 14.4. The largest absolute Gasteiger partial charge is 0.393 e. The molecular formula is C15H19N3O2S. The summed E-state index contributed by atoms with van der Waals surface area (Å²) in [6.45, 7) is 3.42. The van der Waals surface area contributed by atoms with Gasteiger partial charge in [0.2, 0.25) is 5.91 Å². The molecule has 1 aromatic heterocycles. The third-order valence-electron chi connectivity index (χ3n) is 3.95. The highest BCUT2D eigenvalue weighted by Crippen LogP contribution is 2.25. The second-order valence-corrected chi connectivity index (χ2v) is 6.45. The van der Waals surface area contributed by atoms with E-state index >= 15 is 0 Å². The molecule has 0 radical (unpaired) electrons. The lowest BCUT2D eigenvalue weighted by Crippen LogP contribution is -2.47. The number of aromatic nitrogens is 1. The van der Waals surface area contributed by atoms with E-state index in [-0.39, 0.29) is 18.1 Å². The number of hydrogen-bond donors (Lipinski definition) is 2. The summed E-state index contributed by atoms with van der Waals surface area (Å²) >= 11 is 1.49. The normalized spacial score (nSPS) is 18.8. The zero-order chi connectivity index (χ0) is 14.8. The van der Waals surface area contributed by atoms with E-state index in [0.29, 0.717) is 5.13 Å². The Morgan fingerprint density at radius 2 is 2.14 bits per heavy atom. The van der Waals surface area contributed by atoms with Crippen LogP contribution < -0.4 is 5.32 Å². The predicted molar refractivity (Wildman–Crippen MR) is 84.5 cm³/mol. The zero-order valence-electron chi connectivity index (χ0n) is 12.0. The number of likely N-dealkylation sites (tertiary alicyclic amines) is 1. The van der Waals surface area contributed by atoms with Crippen LogP contribution in [0.2, 0.25) is 0 Å². The van der Waals surface area contributed by atoms with Gasteiger partial charge in [0, 0.05) is 13.1 Å². The maximum absolute atomic E-state index is 12.3. The molecule has 6 heteroatoms. The lowest BCUT2D eigenvalue weighted by atomic mass is 10.1. The zero-order valence-corrected chi connectivity index (χ0v) is 12.8. The molecule has 0 bridgehead atoms. The number of thiazole rings is 1. The Labute approximate surface area is 127 Å². The molecule has 1 atom stereocenters. The molecule has 3 rings (SSSR count). The SMILES string of the molecule is CC(C(=O)Nc1nc2ccccc2s1)N1CCC(O)CC1. The van der Waals surface area contributed by atoms with Gasteiger partial charge in [0.05, 0.1) is 22.4 Å². The quantitative estimate of drug-likeness (QED) is 0.911. The molecule has 0 saturated carbocycles. The van der Waals surface area contributed by atoms with E-state index in [9.17, 15) is 9.90 Å². The first-order valence-corrected chi connectivity index (χ1v) is 8.03. The van der Waals surface area contributed by atoms with Crippen LogP contribution in [0.1, 0.15) is 19.8 Å². The number of nitrogens with one attached hydrogen (secondary N) is 1. The van der Waals surface area contributed by atoms with Gasteiger partial charge in [-0.15, -0.1) is 0 Å². The maximum atomic E-state index is 12.3. The highest BCUT2D eigenvalue weighted by atomic mass is 32.1. The van der Waals surface area contributed by atoms with Crippen molar-refractivity contribution in [3.63, 3.8) is 0 Å². The Morgan fingerprint density at radius 3 is 2.86 bits per heavy atom. The minimum absolute atomic E-state index is 0.0366. The van der Waals surface area contributed by atoms with E-state index in [0.717, 1.165) is 36.1 Å². The second-order valence-electron chi connectivity index (χ2n) is 5.42. The van der Waals surface area contributed by atoms with Crippen LogP contribution in [0.4, 0.5) is 5.13 Å². The van der Waals surface area contributed by atoms with E-state index < -0.39 is 0 Å². The number of benzene rings is 1. The van der Waals surface area contributed by atoms with Crippen LogP contribution in [0.25, 0.3) is 10.2 Å². The van der Waals surface area contributed by atoms with Crippen molar-refractivity contribution in [1.82, 2.24) is 9.88 Å². The van der Waals surface area contributed by atoms with Gasteiger partial charge in [0.15, 0.2) is 5.13 Å². The summed E-state index contributed by atoms with van der Waals surface area (Å²) in [6.07, 6.45) is 1.25. The average molecular weight is 305 g/mol. The molecule has 0 spiro atoms. The molecule has 2 N–H and O–H groups in total. The molecule has 2 aromatic rings. The van der Waals surface area contributed by atoms with Crippen molar-refractivity contribution < 1.29 is 9.90 Å². The highest BCUT2D eigenvalue weighted by Gasteiger charge is 2.26. The topological polar surface area (TPSA) is 65.5 Å². The fraction of sp³-hybridized carbons (Fsp3) is 0.467.